The summed E-state index contributed by atoms with van der Waals surface area (Å²) >= 11 is 0. The number of rotatable bonds is 2. The summed E-state index contributed by atoms with van der Waals surface area (Å²) in [6.07, 6.45) is -0.301. The van der Waals surface area contributed by atoms with Crippen molar-refractivity contribution < 1.29 is 19.1 Å². The number of hydrogen-bond acceptors (Lipinski definition) is 4. The Balaban J connectivity index is 2.33. The average molecular weight is 305 g/mol. The molecule has 0 spiro atoms. The lowest BCUT2D eigenvalue weighted by Gasteiger charge is -2.33. The number of ether oxygens (including phenoxy) is 2. The van der Waals surface area contributed by atoms with Gasteiger partial charge in [0.25, 0.3) is 0 Å². The highest BCUT2D eigenvalue weighted by atomic mass is 16.6. The van der Waals surface area contributed by atoms with Crippen molar-refractivity contribution in [3.63, 3.8) is 0 Å². The molecular weight excluding hydrogens is 282 g/mol. The Morgan fingerprint density at radius 2 is 1.86 bits per heavy atom. The van der Waals surface area contributed by atoms with Crippen molar-refractivity contribution in [2.75, 3.05) is 0 Å². The maximum atomic E-state index is 12.5. The summed E-state index contributed by atoms with van der Waals surface area (Å²) < 4.78 is 11.4. The molecule has 2 rings (SSSR count). The molecular formula is C17H23NO4. The van der Waals surface area contributed by atoms with E-state index in [9.17, 15) is 9.59 Å². The first-order valence-electron chi connectivity index (χ1n) is 7.36. The van der Waals surface area contributed by atoms with Gasteiger partial charge in [0.15, 0.2) is 0 Å². The quantitative estimate of drug-likeness (QED) is 0.787. The summed E-state index contributed by atoms with van der Waals surface area (Å²) in [5.41, 5.74) is -0.696. The highest BCUT2D eigenvalue weighted by Crippen LogP contribution is 2.40. The van der Waals surface area contributed by atoms with Crippen LogP contribution in [0.2, 0.25) is 0 Å². The van der Waals surface area contributed by atoms with Crippen molar-refractivity contribution in [2.24, 2.45) is 0 Å². The Morgan fingerprint density at radius 1 is 1.27 bits per heavy atom. The lowest BCUT2D eigenvalue weighted by Crippen LogP contribution is -2.50. The van der Waals surface area contributed by atoms with Gasteiger partial charge in [0.05, 0.1) is 0 Å². The van der Waals surface area contributed by atoms with Gasteiger partial charge in [0.2, 0.25) is 0 Å². The number of hydrogen-bond donors (Lipinski definition) is 0. The van der Waals surface area contributed by atoms with Crippen LogP contribution in [0, 0.1) is 0 Å². The van der Waals surface area contributed by atoms with Crippen LogP contribution in [-0.2, 0) is 14.3 Å². The SMILES string of the molecule is CC(C)(C)OC(=O)N1[C@H](C=O)[C@@H](c2ccccc2)OC1(C)C. The van der Waals surface area contributed by atoms with E-state index in [-0.39, 0.29) is 0 Å². The highest BCUT2D eigenvalue weighted by molar-refractivity contribution is 5.76. The second kappa shape index (κ2) is 5.72. The topological polar surface area (TPSA) is 55.8 Å². The molecule has 1 aromatic carbocycles. The molecule has 2 atom stereocenters. The predicted molar refractivity (Wildman–Crippen MR) is 82.3 cm³/mol. The van der Waals surface area contributed by atoms with Crippen LogP contribution in [0.4, 0.5) is 4.79 Å². The first-order valence-corrected chi connectivity index (χ1v) is 7.36. The fourth-order valence-corrected chi connectivity index (χ4v) is 2.62. The van der Waals surface area contributed by atoms with E-state index in [0.717, 1.165) is 11.8 Å². The van der Waals surface area contributed by atoms with Crippen LogP contribution in [-0.4, -0.2) is 34.6 Å². The fraction of sp³-hybridized carbons (Fsp3) is 0.529. The zero-order valence-corrected chi connectivity index (χ0v) is 13.7. The van der Waals surface area contributed by atoms with Crippen LogP contribution in [0.25, 0.3) is 0 Å². The summed E-state index contributed by atoms with van der Waals surface area (Å²) in [4.78, 5) is 25.5. The van der Waals surface area contributed by atoms with Crippen LogP contribution in [0.1, 0.15) is 46.3 Å². The molecule has 120 valence electrons. The van der Waals surface area contributed by atoms with Crippen molar-refractivity contribution in [1.82, 2.24) is 4.90 Å². The minimum atomic E-state index is -0.922. The maximum Gasteiger partial charge on any atom is 0.413 e. The molecule has 1 saturated heterocycles. The van der Waals surface area contributed by atoms with Gasteiger partial charge < -0.3 is 14.3 Å². The van der Waals surface area contributed by atoms with E-state index < -0.39 is 29.6 Å². The molecule has 22 heavy (non-hydrogen) atoms. The monoisotopic (exact) mass is 305 g/mol. The lowest BCUT2D eigenvalue weighted by molar-refractivity contribution is -0.113. The lowest BCUT2D eigenvalue weighted by atomic mass is 10.0. The van der Waals surface area contributed by atoms with Gasteiger partial charge in [0.1, 0.15) is 29.8 Å². The minimum absolute atomic E-state index is 0.499. The molecule has 1 fully saturated rings. The summed E-state index contributed by atoms with van der Waals surface area (Å²) in [6.45, 7) is 8.89. The van der Waals surface area contributed by atoms with Crippen LogP contribution >= 0.6 is 0 Å². The Bertz CT molecular complexity index is 548. The number of carbonyl (C=O) groups is 2. The number of aldehydes is 1. The van der Waals surface area contributed by atoms with E-state index in [0.29, 0.717) is 0 Å². The van der Waals surface area contributed by atoms with Gasteiger partial charge in [0, 0.05) is 0 Å². The third kappa shape index (κ3) is 3.30. The largest absolute Gasteiger partial charge is 0.444 e. The molecule has 1 heterocycles. The molecule has 1 aliphatic rings. The zero-order chi connectivity index (χ0) is 16.5. The molecule has 0 aliphatic carbocycles. The maximum absolute atomic E-state index is 12.5. The third-order valence-corrected chi connectivity index (χ3v) is 3.46. The number of amides is 1. The van der Waals surface area contributed by atoms with E-state index in [1.807, 2.05) is 30.3 Å². The summed E-state index contributed by atoms with van der Waals surface area (Å²) in [6, 6.07) is 8.71. The smallest absolute Gasteiger partial charge is 0.413 e. The molecule has 1 aromatic rings. The van der Waals surface area contributed by atoms with Gasteiger partial charge in [-0.3, -0.25) is 4.90 Å². The zero-order valence-electron chi connectivity index (χ0n) is 13.7. The van der Waals surface area contributed by atoms with Crippen molar-refractivity contribution >= 4 is 12.4 Å². The summed E-state index contributed by atoms with van der Waals surface area (Å²) in [5.74, 6) is 0. The summed E-state index contributed by atoms with van der Waals surface area (Å²) in [5, 5.41) is 0. The number of benzene rings is 1. The second-order valence-corrected chi connectivity index (χ2v) is 6.87. The van der Waals surface area contributed by atoms with Crippen molar-refractivity contribution in [3.05, 3.63) is 35.9 Å². The van der Waals surface area contributed by atoms with Crippen LogP contribution < -0.4 is 0 Å². The fourth-order valence-electron chi connectivity index (χ4n) is 2.62. The Labute approximate surface area is 131 Å². The van der Waals surface area contributed by atoms with Crippen LogP contribution in [0.15, 0.2) is 30.3 Å². The van der Waals surface area contributed by atoms with Gasteiger partial charge in [-0.05, 0) is 40.2 Å². The Morgan fingerprint density at radius 3 is 2.36 bits per heavy atom. The summed E-state index contributed by atoms with van der Waals surface area (Å²) in [7, 11) is 0. The first-order chi connectivity index (χ1) is 10.2. The van der Waals surface area contributed by atoms with E-state index in [1.54, 1.807) is 34.6 Å². The van der Waals surface area contributed by atoms with Gasteiger partial charge in [-0.15, -0.1) is 0 Å². The highest BCUT2D eigenvalue weighted by Gasteiger charge is 2.51. The van der Waals surface area contributed by atoms with E-state index in [4.69, 9.17) is 9.47 Å². The van der Waals surface area contributed by atoms with Crippen LogP contribution in [0.5, 0.6) is 0 Å². The van der Waals surface area contributed by atoms with Gasteiger partial charge in [-0.2, -0.15) is 0 Å². The molecule has 1 aliphatic heterocycles. The molecule has 1 amide bonds. The van der Waals surface area contributed by atoms with Gasteiger partial charge >= 0.3 is 6.09 Å². The van der Waals surface area contributed by atoms with Gasteiger partial charge in [-0.25, -0.2) is 4.79 Å². The number of nitrogens with zero attached hydrogens (tertiary/aromatic N) is 1. The van der Waals surface area contributed by atoms with Crippen molar-refractivity contribution in [2.45, 2.75) is 58.1 Å². The Hall–Kier alpha value is -1.88. The second-order valence-electron chi connectivity index (χ2n) is 6.87. The van der Waals surface area contributed by atoms with Crippen molar-refractivity contribution in [1.29, 1.82) is 0 Å². The molecule has 0 radical (unpaired) electrons. The normalized spacial score (nSPS) is 24.1. The molecule has 5 heteroatoms. The molecule has 0 aromatic heterocycles. The van der Waals surface area contributed by atoms with E-state index >= 15 is 0 Å². The molecule has 0 unspecified atom stereocenters. The minimum Gasteiger partial charge on any atom is -0.444 e. The first kappa shape index (κ1) is 16.5. The predicted octanol–water partition coefficient (Wildman–Crippen LogP) is 3.30. The van der Waals surface area contributed by atoms with Crippen LogP contribution in [0.3, 0.4) is 0 Å². The molecule has 5 nitrogen and oxygen atoms in total. The molecule has 0 saturated carbocycles. The Kier molecular flexibility index (Phi) is 4.29. The molecule has 0 N–H and O–H groups in total. The number of carbonyl (C=O) groups excluding carboxylic acids is 2. The van der Waals surface area contributed by atoms with E-state index in [2.05, 4.69) is 0 Å². The van der Waals surface area contributed by atoms with E-state index in [1.165, 1.54) is 4.90 Å². The van der Waals surface area contributed by atoms with Gasteiger partial charge in [-0.1, -0.05) is 30.3 Å². The third-order valence-electron chi connectivity index (χ3n) is 3.46. The standard InChI is InChI=1S/C17H23NO4/c1-16(2,3)22-15(20)18-13(11-19)14(21-17(18,4)5)12-9-7-6-8-10-12/h6-11,13-14H,1-5H3/t13-,14-/m1/s1. The molecule has 0 bridgehead atoms. The average Bonchev–Trinajstić information content (AvgIpc) is 2.68. The van der Waals surface area contributed by atoms with Crippen molar-refractivity contribution in [3.8, 4) is 0 Å².